The van der Waals surface area contributed by atoms with Gasteiger partial charge in [0.05, 0.1) is 17.3 Å². The molecule has 4 nitrogen and oxygen atoms in total. The quantitative estimate of drug-likeness (QED) is 0.837. The lowest BCUT2D eigenvalue weighted by molar-refractivity contribution is -0.102. The van der Waals surface area contributed by atoms with Crippen LogP contribution in [0.2, 0.25) is 0 Å². The van der Waals surface area contributed by atoms with E-state index in [0.717, 1.165) is 44.0 Å². The molecule has 0 saturated heterocycles. The van der Waals surface area contributed by atoms with Crippen molar-refractivity contribution < 1.29 is 4.74 Å². The summed E-state index contributed by atoms with van der Waals surface area (Å²) in [6.45, 7) is 8.44. The lowest BCUT2D eigenvalue weighted by atomic mass is 9.73. The molecule has 2 rings (SSSR count). The van der Waals surface area contributed by atoms with Crippen molar-refractivity contribution in [2.24, 2.45) is 13.0 Å². The molecule has 1 saturated carbocycles. The van der Waals surface area contributed by atoms with Crippen LogP contribution in [0.5, 0.6) is 0 Å². The Morgan fingerprint density at radius 1 is 1.52 bits per heavy atom. The molecular formula is C17H31N3O. The minimum absolute atomic E-state index is 0.101. The van der Waals surface area contributed by atoms with Crippen LogP contribution >= 0.6 is 0 Å². The van der Waals surface area contributed by atoms with E-state index < -0.39 is 0 Å². The SMILES string of the molecule is CCCNC(c1ccn(C)n1)C1(OCC)CCCC(C)C1. The smallest absolute Gasteiger partial charge is 0.0894 e. The first kappa shape index (κ1) is 16.5. The fourth-order valence-corrected chi connectivity index (χ4v) is 3.74. The highest BCUT2D eigenvalue weighted by atomic mass is 16.5. The van der Waals surface area contributed by atoms with Crippen molar-refractivity contribution in [1.29, 1.82) is 0 Å². The van der Waals surface area contributed by atoms with E-state index in [0.29, 0.717) is 0 Å². The molecular weight excluding hydrogens is 262 g/mol. The number of hydrogen-bond acceptors (Lipinski definition) is 3. The third-order valence-corrected chi connectivity index (χ3v) is 4.58. The van der Waals surface area contributed by atoms with Crippen LogP contribution in [-0.2, 0) is 11.8 Å². The molecule has 1 aliphatic carbocycles. The van der Waals surface area contributed by atoms with Crippen molar-refractivity contribution in [3.63, 3.8) is 0 Å². The second kappa shape index (κ2) is 7.41. The van der Waals surface area contributed by atoms with Crippen molar-refractivity contribution in [2.45, 2.75) is 64.5 Å². The van der Waals surface area contributed by atoms with Gasteiger partial charge in [0.1, 0.15) is 0 Å². The van der Waals surface area contributed by atoms with Crippen LogP contribution in [0, 0.1) is 5.92 Å². The molecule has 0 bridgehead atoms. The first-order valence-electron chi connectivity index (χ1n) is 8.48. The van der Waals surface area contributed by atoms with E-state index in [9.17, 15) is 0 Å². The zero-order valence-electron chi connectivity index (χ0n) is 14.1. The molecule has 1 N–H and O–H groups in total. The van der Waals surface area contributed by atoms with Crippen molar-refractivity contribution in [1.82, 2.24) is 15.1 Å². The number of rotatable bonds is 7. The summed E-state index contributed by atoms with van der Waals surface area (Å²) in [7, 11) is 1.98. The summed E-state index contributed by atoms with van der Waals surface area (Å²) in [6.07, 6.45) is 7.97. The molecule has 0 amide bonds. The van der Waals surface area contributed by atoms with Gasteiger partial charge in [-0.15, -0.1) is 0 Å². The molecule has 0 aromatic carbocycles. The monoisotopic (exact) mass is 293 g/mol. The number of hydrogen-bond donors (Lipinski definition) is 1. The maximum atomic E-state index is 6.35. The summed E-state index contributed by atoms with van der Waals surface area (Å²) < 4.78 is 8.24. The second-order valence-corrected chi connectivity index (χ2v) is 6.50. The van der Waals surface area contributed by atoms with Crippen LogP contribution in [-0.4, -0.2) is 28.5 Å². The molecule has 0 spiro atoms. The maximum absolute atomic E-state index is 6.35. The fourth-order valence-electron chi connectivity index (χ4n) is 3.74. The minimum atomic E-state index is -0.101. The predicted octanol–water partition coefficient (Wildman–Crippen LogP) is 3.45. The third kappa shape index (κ3) is 3.86. The summed E-state index contributed by atoms with van der Waals surface area (Å²) in [4.78, 5) is 0. The highest BCUT2D eigenvalue weighted by Gasteiger charge is 2.44. The molecule has 0 aliphatic heterocycles. The van der Waals surface area contributed by atoms with E-state index in [1.165, 1.54) is 12.8 Å². The third-order valence-electron chi connectivity index (χ3n) is 4.58. The average molecular weight is 293 g/mol. The number of aryl methyl sites for hydroxylation is 1. The number of nitrogens with one attached hydrogen (secondary N) is 1. The summed E-state index contributed by atoms with van der Waals surface area (Å²) in [5, 5.41) is 8.38. The van der Waals surface area contributed by atoms with Crippen LogP contribution in [0.3, 0.4) is 0 Å². The maximum Gasteiger partial charge on any atom is 0.0894 e. The number of aromatic nitrogens is 2. The highest BCUT2D eigenvalue weighted by Crippen LogP contribution is 2.43. The largest absolute Gasteiger partial charge is 0.373 e. The lowest BCUT2D eigenvalue weighted by Crippen LogP contribution is -2.49. The van der Waals surface area contributed by atoms with E-state index in [4.69, 9.17) is 4.74 Å². The Morgan fingerprint density at radius 2 is 2.33 bits per heavy atom. The van der Waals surface area contributed by atoms with E-state index in [2.05, 4.69) is 37.3 Å². The molecule has 1 fully saturated rings. The summed E-state index contributed by atoms with van der Waals surface area (Å²) >= 11 is 0. The number of nitrogens with zero attached hydrogens (tertiary/aromatic N) is 2. The van der Waals surface area contributed by atoms with Gasteiger partial charge in [-0.1, -0.05) is 26.7 Å². The Morgan fingerprint density at radius 3 is 2.90 bits per heavy atom. The van der Waals surface area contributed by atoms with Gasteiger partial charge in [-0.25, -0.2) is 0 Å². The van der Waals surface area contributed by atoms with E-state index in [-0.39, 0.29) is 11.6 Å². The Kier molecular flexibility index (Phi) is 5.82. The van der Waals surface area contributed by atoms with Gasteiger partial charge in [-0.2, -0.15) is 5.10 Å². The molecule has 3 atom stereocenters. The fraction of sp³-hybridized carbons (Fsp3) is 0.824. The van der Waals surface area contributed by atoms with E-state index in [1.807, 2.05) is 17.9 Å². The van der Waals surface area contributed by atoms with Gasteiger partial charge >= 0.3 is 0 Å². The molecule has 1 aliphatic rings. The van der Waals surface area contributed by atoms with Crippen LogP contribution in [0.1, 0.15) is 64.6 Å². The van der Waals surface area contributed by atoms with E-state index in [1.54, 1.807) is 0 Å². The Balaban J connectivity index is 2.29. The van der Waals surface area contributed by atoms with Crippen molar-refractivity contribution in [3.05, 3.63) is 18.0 Å². The van der Waals surface area contributed by atoms with Gasteiger partial charge < -0.3 is 10.1 Å². The molecule has 1 heterocycles. The van der Waals surface area contributed by atoms with Crippen LogP contribution < -0.4 is 5.32 Å². The van der Waals surface area contributed by atoms with Gasteiger partial charge in [0.15, 0.2) is 0 Å². The normalized spacial score (nSPS) is 27.7. The van der Waals surface area contributed by atoms with Gasteiger partial charge in [-0.05, 0) is 44.7 Å². The van der Waals surface area contributed by atoms with Crippen LogP contribution in [0.4, 0.5) is 0 Å². The Hall–Kier alpha value is -0.870. The zero-order valence-corrected chi connectivity index (χ0v) is 14.1. The molecule has 120 valence electrons. The van der Waals surface area contributed by atoms with Gasteiger partial charge in [0.2, 0.25) is 0 Å². The van der Waals surface area contributed by atoms with Crippen molar-refractivity contribution in [3.8, 4) is 0 Å². The standard InChI is InChI=1S/C17H31N3O/c1-5-11-18-16(15-9-12-20(4)19-15)17(21-6-2)10-7-8-14(3)13-17/h9,12,14,16,18H,5-8,10-11,13H2,1-4H3. The second-order valence-electron chi connectivity index (χ2n) is 6.50. The van der Waals surface area contributed by atoms with E-state index >= 15 is 0 Å². The number of ether oxygens (including phenoxy) is 1. The molecule has 0 radical (unpaired) electrons. The van der Waals surface area contributed by atoms with Gasteiger partial charge in [0.25, 0.3) is 0 Å². The van der Waals surface area contributed by atoms with Crippen molar-refractivity contribution >= 4 is 0 Å². The zero-order chi connectivity index (χ0) is 15.3. The van der Waals surface area contributed by atoms with Crippen LogP contribution in [0.25, 0.3) is 0 Å². The average Bonchev–Trinajstić information content (AvgIpc) is 2.86. The predicted molar refractivity (Wildman–Crippen MR) is 86.2 cm³/mol. The molecule has 1 aromatic heterocycles. The van der Waals surface area contributed by atoms with Crippen LogP contribution in [0.15, 0.2) is 12.3 Å². The highest BCUT2D eigenvalue weighted by molar-refractivity contribution is 5.13. The summed E-state index contributed by atoms with van der Waals surface area (Å²) in [5.74, 6) is 0.722. The molecule has 3 unspecified atom stereocenters. The summed E-state index contributed by atoms with van der Waals surface area (Å²) in [5.41, 5.74) is 1.02. The molecule has 1 aromatic rings. The topological polar surface area (TPSA) is 39.1 Å². The summed E-state index contributed by atoms with van der Waals surface area (Å²) in [6, 6.07) is 2.33. The minimum Gasteiger partial charge on any atom is -0.373 e. The molecule has 4 heteroatoms. The van der Waals surface area contributed by atoms with Crippen molar-refractivity contribution in [2.75, 3.05) is 13.2 Å². The Bertz CT molecular complexity index is 427. The van der Waals surface area contributed by atoms with Gasteiger partial charge in [-0.3, -0.25) is 4.68 Å². The Labute approximate surface area is 129 Å². The molecule has 21 heavy (non-hydrogen) atoms. The first-order valence-corrected chi connectivity index (χ1v) is 8.48. The lowest BCUT2D eigenvalue weighted by Gasteiger charge is -2.45. The van der Waals surface area contributed by atoms with Gasteiger partial charge in [0, 0.05) is 19.9 Å². The first-order chi connectivity index (χ1) is 10.1.